The van der Waals surface area contributed by atoms with Gasteiger partial charge in [-0.05, 0) is 12.1 Å². The fourth-order valence-corrected chi connectivity index (χ4v) is 3.02. The summed E-state index contributed by atoms with van der Waals surface area (Å²) in [6.07, 6.45) is 0.571. The van der Waals surface area contributed by atoms with Gasteiger partial charge in [-0.2, -0.15) is 0 Å². The zero-order valence-electron chi connectivity index (χ0n) is 10.4. The van der Waals surface area contributed by atoms with Gasteiger partial charge in [0, 0.05) is 6.26 Å². The van der Waals surface area contributed by atoms with Gasteiger partial charge in [0.1, 0.15) is 17.7 Å². The molecule has 0 bridgehead atoms. The van der Waals surface area contributed by atoms with Crippen molar-refractivity contribution in [1.29, 1.82) is 0 Å². The summed E-state index contributed by atoms with van der Waals surface area (Å²) in [5.74, 6) is -0.0513. The predicted molar refractivity (Wildman–Crippen MR) is 73.6 cm³/mol. The van der Waals surface area contributed by atoms with Gasteiger partial charge >= 0.3 is 0 Å². The molecule has 0 N–H and O–H groups in total. The number of anilines is 1. The third-order valence-corrected chi connectivity index (χ3v) is 3.95. The molecule has 5 nitrogen and oxygen atoms in total. The third-order valence-electron chi connectivity index (χ3n) is 2.74. The number of fused-ring (bicyclic) bond motifs is 1. The Hall–Kier alpha value is -1.27. The second-order valence-corrected chi connectivity index (χ2v) is 6.89. The van der Waals surface area contributed by atoms with E-state index in [1.54, 1.807) is 24.3 Å². The van der Waals surface area contributed by atoms with E-state index in [0.717, 1.165) is 6.26 Å². The Balaban J connectivity index is 2.32. The molecule has 0 aliphatic carbocycles. The number of amides is 1. The summed E-state index contributed by atoms with van der Waals surface area (Å²) < 4.78 is 28.3. The number of rotatable bonds is 3. The third kappa shape index (κ3) is 3.39. The van der Waals surface area contributed by atoms with Crippen molar-refractivity contribution in [2.24, 2.45) is 0 Å². The van der Waals surface area contributed by atoms with Crippen molar-refractivity contribution >= 4 is 33.0 Å². The summed E-state index contributed by atoms with van der Waals surface area (Å²) >= 11 is 5.58. The number of nitrogens with zero attached hydrogens (tertiary/aromatic N) is 1. The SMILES string of the molecule is CS(=O)(=O)CC1CN(C(=O)CCl)c2ccccc2O1. The van der Waals surface area contributed by atoms with Crippen LogP contribution >= 0.6 is 11.6 Å². The van der Waals surface area contributed by atoms with E-state index < -0.39 is 15.9 Å². The Morgan fingerprint density at radius 2 is 2.16 bits per heavy atom. The van der Waals surface area contributed by atoms with Crippen molar-refractivity contribution in [2.75, 3.05) is 29.3 Å². The summed E-state index contributed by atoms with van der Waals surface area (Å²) in [5.41, 5.74) is 0.623. The molecule has 104 valence electrons. The fraction of sp³-hybridized carbons (Fsp3) is 0.417. The van der Waals surface area contributed by atoms with Gasteiger partial charge in [0.2, 0.25) is 5.91 Å². The zero-order chi connectivity index (χ0) is 14.0. The van der Waals surface area contributed by atoms with Gasteiger partial charge in [-0.15, -0.1) is 11.6 Å². The van der Waals surface area contributed by atoms with Gasteiger partial charge < -0.3 is 9.64 Å². The molecule has 19 heavy (non-hydrogen) atoms. The number of carbonyl (C=O) groups excluding carboxylic acids is 1. The van der Waals surface area contributed by atoms with E-state index in [4.69, 9.17) is 16.3 Å². The van der Waals surface area contributed by atoms with Gasteiger partial charge in [-0.25, -0.2) is 8.42 Å². The van der Waals surface area contributed by atoms with Crippen molar-refractivity contribution in [3.8, 4) is 5.75 Å². The average molecular weight is 304 g/mol. The molecule has 1 atom stereocenters. The number of para-hydroxylation sites is 2. The summed E-state index contributed by atoms with van der Waals surface area (Å²) in [4.78, 5) is 13.3. The highest BCUT2D eigenvalue weighted by Crippen LogP contribution is 2.33. The number of alkyl halides is 1. The summed E-state index contributed by atoms with van der Waals surface area (Å²) in [5, 5.41) is 0. The van der Waals surface area contributed by atoms with Crippen LogP contribution in [-0.4, -0.2) is 44.9 Å². The first-order valence-corrected chi connectivity index (χ1v) is 8.30. The van der Waals surface area contributed by atoms with E-state index in [2.05, 4.69) is 0 Å². The summed E-state index contributed by atoms with van der Waals surface area (Å²) in [6, 6.07) is 7.01. The van der Waals surface area contributed by atoms with E-state index in [1.165, 1.54) is 4.90 Å². The Morgan fingerprint density at radius 3 is 2.79 bits per heavy atom. The van der Waals surface area contributed by atoms with Crippen LogP contribution in [0.25, 0.3) is 0 Å². The first-order valence-electron chi connectivity index (χ1n) is 5.70. The largest absolute Gasteiger partial charge is 0.485 e. The van der Waals surface area contributed by atoms with Gasteiger partial charge in [0.25, 0.3) is 0 Å². The van der Waals surface area contributed by atoms with Crippen LogP contribution < -0.4 is 9.64 Å². The number of sulfone groups is 1. The van der Waals surface area contributed by atoms with Crippen molar-refractivity contribution in [2.45, 2.75) is 6.10 Å². The van der Waals surface area contributed by atoms with E-state index >= 15 is 0 Å². The number of carbonyl (C=O) groups is 1. The molecule has 0 aromatic heterocycles. The molecule has 1 aromatic carbocycles. The number of ether oxygens (including phenoxy) is 1. The Morgan fingerprint density at radius 1 is 1.47 bits per heavy atom. The molecule has 1 aromatic rings. The van der Waals surface area contributed by atoms with Crippen LogP contribution in [0.15, 0.2) is 24.3 Å². The Bertz CT molecular complexity index is 587. The molecule has 1 aliphatic rings. The lowest BCUT2D eigenvalue weighted by molar-refractivity contribution is -0.116. The quantitative estimate of drug-likeness (QED) is 0.783. The second-order valence-electron chi connectivity index (χ2n) is 4.44. The summed E-state index contributed by atoms with van der Waals surface area (Å²) in [7, 11) is -3.18. The van der Waals surface area contributed by atoms with Crippen LogP contribution in [0.1, 0.15) is 0 Å². The number of benzene rings is 1. The minimum absolute atomic E-state index is 0.132. The Kier molecular flexibility index (Phi) is 4.01. The first-order chi connectivity index (χ1) is 8.90. The van der Waals surface area contributed by atoms with Gasteiger partial charge in [-0.3, -0.25) is 4.79 Å². The van der Waals surface area contributed by atoms with Crippen LogP contribution in [-0.2, 0) is 14.6 Å². The molecule has 1 heterocycles. The van der Waals surface area contributed by atoms with Gasteiger partial charge in [0.15, 0.2) is 9.84 Å². The fourth-order valence-electron chi connectivity index (χ4n) is 2.03. The molecule has 0 fully saturated rings. The topological polar surface area (TPSA) is 63.7 Å². The molecule has 2 rings (SSSR count). The van der Waals surface area contributed by atoms with Gasteiger partial charge in [-0.1, -0.05) is 12.1 Å². The highest BCUT2D eigenvalue weighted by Gasteiger charge is 2.30. The van der Waals surface area contributed by atoms with Gasteiger partial charge in [0.05, 0.1) is 18.0 Å². The number of hydrogen-bond donors (Lipinski definition) is 0. The van der Waals surface area contributed by atoms with Crippen LogP contribution in [0.3, 0.4) is 0 Å². The zero-order valence-corrected chi connectivity index (χ0v) is 11.9. The minimum Gasteiger partial charge on any atom is -0.485 e. The van der Waals surface area contributed by atoms with E-state index in [0.29, 0.717) is 11.4 Å². The molecular weight excluding hydrogens is 290 g/mol. The van der Waals surface area contributed by atoms with Crippen molar-refractivity contribution in [3.63, 3.8) is 0 Å². The monoisotopic (exact) mass is 303 g/mol. The summed E-state index contributed by atoms with van der Waals surface area (Å²) in [6.45, 7) is 0.190. The number of halogens is 1. The van der Waals surface area contributed by atoms with E-state index in [9.17, 15) is 13.2 Å². The lowest BCUT2D eigenvalue weighted by Gasteiger charge is -2.34. The molecule has 0 saturated carbocycles. The Labute approximate surface area is 117 Å². The van der Waals surface area contributed by atoms with Crippen LogP contribution in [0.2, 0.25) is 0 Å². The van der Waals surface area contributed by atoms with Crippen LogP contribution in [0.4, 0.5) is 5.69 Å². The second kappa shape index (κ2) is 5.38. The smallest absolute Gasteiger partial charge is 0.242 e. The highest BCUT2D eigenvalue weighted by atomic mass is 35.5. The van der Waals surface area contributed by atoms with Crippen molar-refractivity contribution in [1.82, 2.24) is 0 Å². The molecule has 0 radical (unpaired) electrons. The van der Waals surface area contributed by atoms with Crippen molar-refractivity contribution in [3.05, 3.63) is 24.3 Å². The average Bonchev–Trinajstić information content (AvgIpc) is 2.35. The molecule has 1 aliphatic heterocycles. The minimum atomic E-state index is -3.18. The predicted octanol–water partition coefficient (Wildman–Crippen LogP) is 1.06. The maximum atomic E-state index is 11.8. The number of hydrogen-bond acceptors (Lipinski definition) is 4. The standard InChI is InChI=1S/C12H14ClNO4S/c1-19(16,17)8-9-7-14(12(15)6-13)10-4-2-3-5-11(10)18-9/h2-5,9H,6-8H2,1H3. The highest BCUT2D eigenvalue weighted by molar-refractivity contribution is 7.90. The molecule has 1 unspecified atom stereocenters. The lowest BCUT2D eigenvalue weighted by Crippen LogP contribution is -2.46. The lowest BCUT2D eigenvalue weighted by atomic mass is 10.2. The maximum Gasteiger partial charge on any atom is 0.242 e. The van der Waals surface area contributed by atoms with E-state index in [1.807, 2.05) is 0 Å². The molecule has 0 saturated heterocycles. The molecule has 0 spiro atoms. The van der Waals surface area contributed by atoms with Crippen LogP contribution in [0, 0.1) is 0 Å². The molecule has 1 amide bonds. The van der Waals surface area contributed by atoms with Crippen LogP contribution in [0.5, 0.6) is 5.75 Å². The first kappa shape index (κ1) is 14.1. The normalized spacial score (nSPS) is 18.6. The van der Waals surface area contributed by atoms with Crippen molar-refractivity contribution < 1.29 is 17.9 Å². The van der Waals surface area contributed by atoms with E-state index in [-0.39, 0.29) is 24.1 Å². The maximum absolute atomic E-state index is 11.8. The molecule has 7 heteroatoms. The molecular formula is C12H14ClNO4S.